The zero-order valence-electron chi connectivity index (χ0n) is 12.9. The minimum atomic E-state index is 0.319. The zero-order chi connectivity index (χ0) is 15.2. The molecule has 0 saturated heterocycles. The maximum atomic E-state index is 3.66. The summed E-state index contributed by atoms with van der Waals surface area (Å²) >= 11 is 5.32. The van der Waals surface area contributed by atoms with Crippen molar-refractivity contribution in [3.63, 3.8) is 0 Å². The predicted octanol–water partition coefficient (Wildman–Crippen LogP) is 5.53. The lowest BCUT2D eigenvalue weighted by molar-refractivity contribution is 0.296. The molecule has 1 aromatic heterocycles. The van der Waals surface area contributed by atoms with Crippen molar-refractivity contribution >= 4 is 33.0 Å². The average molecular weight is 367 g/mol. The summed E-state index contributed by atoms with van der Waals surface area (Å²) in [6.45, 7) is 9.80. The van der Waals surface area contributed by atoms with Crippen LogP contribution in [-0.2, 0) is 6.54 Å². The molecule has 1 unspecified atom stereocenters. The van der Waals surface area contributed by atoms with E-state index >= 15 is 0 Å². The largest absolute Gasteiger partial charge is 0.377 e. The molecule has 0 amide bonds. The van der Waals surface area contributed by atoms with Crippen molar-refractivity contribution < 1.29 is 0 Å². The monoisotopic (exact) mass is 366 g/mol. The first-order valence-electron chi connectivity index (χ1n) is 7.46. The third-order valence-corrected chi connectivity index (χ3v) is 5.50. The predicted molar refractivity (Wildman–Crippen MR) is 97.1 cm³/mol. The minimum Gasteiger partial charge on any atom is -0.377 e. The second-order valence-corrected chi connectivity index (χ2v) is 7.62. The number of hydrogen-bond acceptors (Lipinski definition) is 3. The van der Waals surface area contributed by atoms with Crippen molar-refractivity contribution in [2.24, 2.45) is 0 Å². The van der Waals surface area contributed by atoms with Gasteiger partial charge in [0.1, 0.15) is 0 Å². The summed E-state index contributed by atoms with van der Waals surface area (Å²) in [4.78, 5) is 3.78. The van der Waals surface area contributed by atoms with Crippen LogP contribution in [0.4, 0.5) is 5.69 Å². The highest BCUT2D eigenvalue weighted by atomic mass is 79.9. The molecule has 0 aliphatic heterocycles. The fourth-order valence-electron chi connectivity index (χ4n) is 2.35. The van der Waals surface area contributed by atoms with E-state index in [1.807, 2.05) is 0 Å². The van der Waals surface area contributed by atoms with Crippen LogP contribution in [0.1, 0.15) is 37.3 Å². The molecule has 0 radical (unpaired) electrons. The molecule has 114 valence electrons. The van der Waals surface area contributed by atoms with E-state index in [4.69, 9.17) is 0 Å². The van der Waals surface area contributed by atoms with Gasteiger partial charge in [0, 0.05) is 17.1 Å². The summed E-state index contributed by atoms with van der Waals surface area (Å²) in [6, 6.07) is 13.2. The molecule has 0 spiro atoms. The third-order valence-electron chi connectivity index (χ3n) is 3.70. The lowest BCUT2D eigenvalue weighted by Gasteiger charge is -2.22. The Morgan fingerprint density at radius 3 is 2.48 bits per heavy atom. The number of benzene rings is 1. The Bertz CT molecular complexity index is 563. The Labute approximate surface area is 140 Å². The molecule has 2 aromatic rings. The molecule has 0 fully saturated rings. The Morgan fingerprint density at radius 1 is 1.14 bits per heavy atom. The Morgan fingerprint density at radius 2 is 1.86 bits per heavy atom. The molecule has 2 rings (SSSR count). The standard InChI is InChI=1S/C17H23BrN2S/c1-4-20(5-2)12-14-8-6-7-9-15(14)19-13(3)16-10-11-17(18)21-16/h6-11,13,19H,4-5,12H2,1-3H3. The molecule has 4 heteroatoms. The smallest absolute Gasteiger partial charge is 0.0702 e. The molecule has 0 aliphatic rings. The van der Waals surface area contributed by atoms with Crippen molar-refractivity contribution in [1.82, 2.24) is 4.90 Å². The number of thiophene rings is 1. The Kier molecular flexibility index (Phi) is 6.27. The molecule has 0 bridgehead atoms. The molecular weight excluding hydrogens is 344 g/mol. The van der Waals surface area contributed by atoms with E-state index in [-0.39, 0.29) is 0 Å². The highest BCUT2D eigenvalue weighted by molar-refractivity contribution is 9.11. The number of nitrogens with zero attached hydrogens (tertiary/aromatic N) is 1. The number of nitrogens with one attached hydrogen (secondary N) is 1. The van der Waals surface area contributed by atoms with Gasteiger partial charge in [-0.05, 0) is 59.7 Å². The van der Waals surface area contributed by atoms with Gasteiger partial charge in [-0.2, -0.15) is 0 Å². The topological polar surface area (TPSA) is 15.3 Å². The number of hydrogen-bond donors (Lipinski definition) is 1. The molecule has 0 aliphatic carbocycles. The van der Waals surface area contributed by atoms with Crippen molar-refractivity contribution in [2.45, 2.75) is 33.4 Å². The molecule has 1 aromatic carbocycles. The van der Waals surface area contributed by atoms with Crippen LogP contribution in [0, 0.1) is 0 Å². The zero-order valence-corrected chi connectivity index (χ0v) is 15.3. The fourth-order valence-corrected chi connectivity index (χ4v) is 3.78. The summed E-state index contributed by atoms with van der Waals surface area (Å²) in [5.74, 6) is 0. The summed E-state index contributed by atoms with van der Waals surface area (Å²) in [6.07, 6.45) is 0. The van der Waals surface area contributed by atoms with Gasteiger partial charge in [0.2, 0.25) is 0 Å². The maximum Gasteiger partial charge on any atom is 0.0702 e. The average Bonchev–Trinajstić information content (AvgIpc) is 2.93. The van der Waals surface area contributed by atoms with Gasteiger partial charge in [-0.15, -0.1) is 11.3 Å². The molecule has 21 heavy (non-hydrogen) atoms. The van der Waals surface area contributed by atoms with Crippen molar-refractivity contribution in [2.75, 3.05) is 18.4 Å². The molecule has 1 heterocycles. The van der Waals surface area contributed by atoms with E-state index in [0.29, 0.717) is 6.04 Å². The first-order chi connectivity index (χ1) is 10.1. The second-order valence-electron chi connectivity index (χ2n) is 5.13. The highest BCUT2D eigenvalue weighted by Gasteiger charge is 2.11. The molecule has 1 atom stereocenters. The Balaban J connectivity index is 2.12. The first kappa shape index (κ1) is 16.5. The molecule has 1 N–H and O–H groups in total. The van der Waals surface area contributed by atoms with Crippen LogP contribution in [0.15, 0.2) is 40.2 Å². The normalized spacial score (nSPS) is 12.6. The van der Waals surface area contributed by atoms with Gasteiger partial charge in [-0.3, -0.25) is 4.90 Å². The second kappa shape index (κ2) is 7.97. The fraction of sp³-hybridized carbons (Fsp3) is 0.412. The van der Waals surface area contributed by atoms with Crippen molar-refractivity contribution in [3.8, 4) is 0 Å². The van der Waals surface area contributed by atoms with E-state index in [0.717, 1.165) is 19.6 Å². The lowest BCUT2D eigenvalue weighted by Crippen LogP contribution is -2.23. The van der Waals surface area contributed by atoms with Crippen LogP contribution in [0.2, 0.25) is 0 Å². The van der Waals surface area contributed by atoms with Gasteiger partial charge in [0.25, 0.3) is 0 Å². The van der Waals surface area contributed by atoms with Crippen molar-refractivity contribution in [3.05, 3.63) is 50.6 Å². The van der Waals surface area contributed by atoms with E-state index in [1.54, 1.807) is 11.3 Å². The van der Waals surface area contributed by atoms with Crippen LogP contribution in [0.3, 0.4) is 0 Å². The van der Waals surface area contributed by atoms with Gasteiger partial charge in [-0.1, -0.05) is 32.0 Å². The molecule has 0 saturated carbocycles. The minimum absolute atomic E-state index is 0.319. The number of rotatable bonds is 7. The molecule has 2 nitrogen and oxygen atoms in total. The first-order valence-corrected chi connectivity index (χ1v) is 9.07. The lowest BCUT2D eigenvalue weighted by atomic mass is 10.1. The highest BCUT2D eigenvalue weighted by Crippen LogP contribution is 2.30. The maximum absolute atomic E-state index is 3.66. The summed E-state index contributed by atoms with van der Waals surface area (Å²) in [5.41, 5.74) is 2.60. The van der Waals surface area contributed by atoms with E-state index in [2.05, 4.69) is 83.3 Å². The van der Waals surface area contributed by atoms with Gasteiger partial charge in [0.15, 0.2) is 0 Å². The summed E-state index contributed by atoms with van der Waals surface area (Å²) in [5, 5.41) is 3.66. The van der Waals surface area contributed by atoms with E-state index < -0.39 is 0 Å². The van der Waals surface area contributed by atoms with Crippen LogP contribution in [0.25, 0.3) is 0 Å². The van der Waals surface area contributed by atoms with Gasteiger partial charge < -0.3 is 5.32 Å². The van der Waals surface area contributed by atoms with E-state index in [9.17, 15) is 0 Å². The van der Waals surface area contributed by atoms with Gasteiger partial charge in [0.05, 0.1) is 9.83 Å². The van der Waals surface area contributed by atoms with E-state index in [1.165, 1.54) is 19.9 Å². The third kappa shape index (κ3) is 4.56. The summed E-state index contributed by atoms with van der Waals surface area (Å²) < 4.78 is 1.18. The Hall–Kier alpha value is -0.840. The van der Waals surface area contributed by atoms with Gasteiger partial charge in [-0.25, -0.2) is 0 Å². The quantitative estimate of drug-likeness (QED) is 0.693. The number of anilines is 1. The van der Waals surface area contributed by atoms with Crippen LogP contribution < -0.4 is 5.32 Å². The number of halogens is 1. The van der Waals surface area contributed by atoms with Gasteiger partial charge >= 0.3 is 0 Å². The van der Waals surface area contributed by atoms with Crippen LogP contribution >= 0.6 is 27.3 Å². The molecular formula is C17H23BrN2S. The SMILES string of the molecule is CCN(CC)Cc1ccccc1NC(C)c1ccc(Br)s1. The van der Waals surface area contributed by atoms with Crippen molar-refractivity contribution in [1.29, 1.82) is 0 Å². The van der Waals surface area contributed by atoms with Crippen LogP contribution in [-0.4, -0.2) is 18.0 Å². The number of para-hydroxylation sites is 1. The van der Waals surface area contributed by atoms with Crippen LogP contribution in [0.5, 0.6) is 0 Å². The summed E-state index contributed by atoms with van der Waals surface area (Å²) in [7, 11) is 0.